The van der Waals surface area contributed by atoms with Crippen molar-refractivity contribution in [2.24, 2.45) is 0 Å². The lowest BCUT2D eigenvalue weighted by atomic mass is 9.98. The molecule has 2 heterocycles. The summed E-state index contributed by atoms with van der Waals surface area (Å²) in [7, 11) is 0. The topological polar surface area (TPSA) is 139 Å². The molecule has 10 nitrogen and oxygen atoms in total. The summed E-state index contributed by atoms with van der Waals surface area (Å²) in [4.78, 5) is 15.8. The molecule has 0 saturated carbocycles. The SMILES string of the molecule is CCCCc1nc(C(C)O)c(OC(=O)O)n1Cc1ccc(-c2ccccc2-c2nn[nH]n2)cc1. The smallest absolute Gasteiger partial charge is 0.449 e. The van der Waals surface area contributed by atoms with Crippen LogP contribution in [0.25, 0.3) is 22.5 Å². The van der Waals surface area contributed by atoms with Gasteiger partial charge in [-0.05, 0) is 35.2 Å². The Bertz CT molecular complexity index is 1250. The van der Waals surface area contributed by atoms with Gasteiger partial charge in [0, 0.05) is 12.0 Å². The zero-order valence-corrected chi connectivity index (χ0v) is 19.0. The molecule has 10 heteroatoms. The first kappa shape index (κ1) is 23.1. The number of tetrazole rings is 1. The quantitative estimate of drug-likeness (QED) is 0.314. The number of aliphatic hydroxyl groups excluding tert-OH is 1. The van der Waals surface area contributed by atoms with Crippen LogP contribution in [0.5, 0.6) is 5.88 Å². The van der Waals surface area contributed by atoms with Crippen LogP contribution in [0, 0.1) is 0 Å². The maximum Gasteiger partial charge on any atom is 0.512 e. The minimum atomic E-state index is -1.45. The standard InChI is InChI=1S/C24H26N6O4/c1-3-4-9-20-25-21(15(2)31)23(34-24(32)33)30(20)14-16-10-12-17(13-11-16)18-7-5-6-8-19(18)22-26-28-29-27-22/h5-8,10-13,15,31H,3-4,9,14H2,1-2H3,(H,32,33)(H,26,27,28,29). The fourth-order valence-electron chi connectivity index (χ4n) is 3.83. The van der Waals surface area contributed by atoms with Crippen molar-refractivity contribution in [1.82, 2.24) is 30.2 Å². The molecule has 1 unspecified atom stereocenters. The van der Waals surface area contributed by atoms with Crippen molar-refractivity contribution < 1.29 is 19.7 Å². The van der Waals surface area contributed by atoms with Crippen molar-refractivity contribution in [3.05, 3.63) is 65.6 Å². The summed E-state index contributed by atoms with van der Waals surface area (Å²) < 4.78 is 6.79. The molecule has 0 amide bonds. The lowest BCUT2D eigenvalue weighted by Crippen LogP contribution is -2.13. The van der Waals surface area contributed by atoms with Gasteiger partial charge in [0.15, 0.2) is 0 Å². The number of imidazole rings is 1. The predicted octanol–water partition coefficient (Wildman–Crippen LogP) is 4.23. The Kier molecular flexibility index (Phi) is 6.98. The third kappa shape index (κ3) is 4.96. The number of H-pyrrole nitrogens is 1. The van der Waals surface area contributed by atoms with Crippen LogP contribution in [-0.2, 0) is 13.0 Å². The van der Waals surface area contributed by atoms with Gasteiger partial charge < -0.3 is 14.9 Å². The van der Waals surface area contributed by atoms with Gasteiger partial charge in [-0.1, -0.05) is 61.9 Å². The lowest BCUT2D eigenvalue weighted by molar-refractivity contribution is 0.136. The molecule has 0 saturated heterocycles. The maximum atomic E-state index is 11.3. The number of ether oxygens (including phenoxy) is 1. The average Bonchev–Trinajstić information content (AvgIpc) is 3.47. The zero-order chi connectivity index (χ0) is 24.1. The Labute approximate surface area is 196 Å². The third-order valence-corrected chi connectivity index (χ3v) is 5.48. The highest BCUT2D eigenvalue weighted by Gasteiger charge is 2.24. The highest BCUT2D eigenvalue weighted by atomic mass is 16.7. The number of aryl methyl sites for hydroxylation is 1. The molecule has 4 rings (SSSR count). The summed E-state index contributed by atoms with van der Waals surface area (Å²) >= 11 is 0. The number of aliphatic hydroxyl groups is 1. The monoisotopic (exact) mass is 462 g/mol. The number of rotatable bonds is 9. The summed E-state index contributed by atoms with van der Waals surface area (Å²) in [5.74, 6) is 1.25. The minimum absolute atomic E-state index is 0.0557. The Morgan fingerprint density at radius 1 is 1.15 bits per heavy atom. The molecular weight excluding hydrogens is 436 g/mol. The average molecular weight is 463 g/mol. The van der Waals surface area contributed by atoms with E-state index in [1.165, 1.54) is 0 Å². The maximum absolute atomic E-state index is 11.3. The van der Waals surface area contributed by atoms with Gasteiger partial charge in [-0.3, -0.25) is 4.57 Å². The molecule has 0 spiro atoms. The largest absolute Gasteiger partial charge is 0.512 e. The van der Waals surface area contributed by atoms with Crippen molar-refractivity contribution in [2.45, 2.75) is 45.8 Å². The fourth-order valence-corrected chi connectivity index (χ4v) is 3.83. The van der Waals surface area contributed by atoms with Crippen molar-refractivity contribution >= 4 is 6.16 Å². The van der Waals surface area contributed by atoms with Crippen LogP contribution in [0.4, 0.5) is 4.79 Å². The van der Waals surface area contributed by atoms with Gasteiger partial charge in [0.25, 0.3) is 0 Å². The molecule has 176 valence electrons. The van der Waals surface area contributed by atoms with Crippen LogP contribution in [0.3, 0.4) is 0 Å². The van der Waals surface area contributed by atoms with Gasteiger partial charge in [-0.2, -0.15) is 5.21 Å². The van der Waals surface area contributed by atoms with Crippen molar-refractivity contribution in [2.75, 3.05) is 0 Å². The Balaban J connectivity index is 1.67. The number of nitrogens with zero attached hydrogens (tertiary/aromatic N) is 5. The molecular formula is C24H26N6O4. The number of hydrogen-bond acceptors (Lipinski definition) is 7. The summed E-state index contributed by atoms with van der Waals surface area (Å²) in [5.41, 5.74) is 3.96. The van der Waals surface area contributed by atoms with Crippen molar-refractivity contribution in [3.8, 4) is 28.4 Å². The molecule has 2 aromatic carbocycles. The van der Waals surface area contributed by atoms with Crippen LogP contribution in [-0.4, -0.2) is 46.5 Å². The molecule has 3 N–H and O–H groups in total. The number of nitrogens with one attached hydrogen (secondary N) is 1. The Morgan fingerprint density at radius 2 is 1.88 bits per heavy atom. The minimum Gasteiger partial charge on any atom is -0.449 e. The first-order chi connectivity index (χ1) is 16.5. The molecule has 34 heavy (non-hydrogen) atoms. The molecule has 4 aromatic rings. The summed E-state index contributed by atoms with van der Waals surface area (Å²) in [5, 5.41) is 33.7. The number of carboxylic acid groups (broad SMARTS) is 1. The highest BCUT2D eigenvalue weighted by Crippen LogP contribution is 2.31. The molecule has 0 aliphatic rings. The van der Waals surface area contributed by atoms with E-state index in [0.717, 1.165) is 35.1 Å². The van der Waals surface area contributed by atoms with E-state index in [1.54, 1.807) is 11.5 Å². The van der Waals surface area contributed by atoms with Crippen LogP contribution in [0.15, 0.2) is 48.5 Å². The van der Waals surface area contributed by atoms with Gasteiger partial charge in [-0.15, -0.1) is 10.2 Å². The Hall–Kier alpha value is -4.05. The molecule has 0 radical (unpaired) electrons. The number of aromatic nitrogens is 6. The molecule has 0 fully saturated rings. The van der Waals surface area contributed by atoms with Gasteiger partial charge in [0.1, 0.15) is 11.5 Å². The molecule has 1 atom stereocenters. The lowest BCUT2D eigenvalue weighted by Gasteiger charge is -2.13. The number of carbonyl (C=O) groups is 1. The zero-order valence-electron chi connectivity index (χ0n) is 19.0. The second kappa shape index (κ2) is 10.3. The predicted molar refractivity (Wildman–Crippen MR) is 124 cm³/mol. The van der Waals surface area contributed by atoms with E-state index < -0.39 is 12.3 Å². The Morgan fingerprint density at radius 3 is 2.50 bits per heavy atom. The molecule has 2 aromatic heterocycles. The molecule has 0 aliphatic heterocycles. The summed E-state index contributed by atoms with van der Waals surface area (Å²) in [6.07, 6.45) is 0.0863. The van der Waals surface area contributed by atoms with Crippen molar-refractivity contribution in [3.63, 3.8) is 0 Å². The van der Waals surface area contributed by atoms with E-state index in [2.05, 4.69) is 32.5 Å². The van der Waals surface area contributed by atoms with Crippen LogP contribution in [0.1, 0.15) is 49.9 Å². The van der Waals surface area contributed by atoms with Crippen LogP contribution in [0.2, 0.25) is 0 Å². The van der Waals surface area contributed by atoms with E-state index in [9.17, 15) is 15.0 Å². The first-order valence-electron chi connectivity index (χ1n) is 11.1. The van der Waals surface area contributed by atoms with Crippen LogP contribution >= 0.6 is 0 Å². The second-order valence-corrected chi connectivity index (χ2v) is 7.93. The molecule has 0 bridgehead atoms. The van der Waals surface area contributed by atoms with E-state index in [-0.39, 0.29) is 11.6 Å². The normalized spacial score (nSPS) is 12.0. The van der Waals surface area contributed by atoms with E-state index >= 15 is 0 Å². The first-order valence-corrected chi connectivity index (χ1v) is 11.1. The van der Waals surface area contributed by atoms with E-state index in [1.807, 2.05) is 48.5 Å². The summed E-state index contributed by atoms with van der Waals surface area (Å²) in [6.45, 7) is 3.97. The van der Waals surface area contributed by atoms with Gasteiger partial charge in [0.05, 0.1) is 12.6 Å². The van der Waals surface area contributed by atoms with E-state index in [4.69, 9.17) is 4.74 Å². The number of benzene rings is 2. The molecule has 0 aliphatic carbocycles. The van der Waals surface area contributed by atoms with Crippen molar-refractivity contribution in [1.29, 1.82) is 0 Å². The fraction of sp³-hybridized carbons (Fsp3) is 0.292. The van der Waals surface area contributed by atoms with Crippen LogP contribution < -0.4 is 4.74 Å². The van der Waals surface area contributed by atoms with Gasteiger partial charge >= 0.3 is 6.16 Å². The second-order valence-electron chi connectivity index (χ2n) is 7.93. The van der Waals surface area contributed by atoms with E-state index in [0.29, 0.717) is 24.6 Å². The number of unbranched alkanes of at least 4 members (excludes halogenated alkanes) is 1. The summed E-state index contributed by atoms with van der Waals surface area (Å²) in [6, 6.07) is 15.7. The van der Waals surface area contributed by atoms with Gasteiger partial charge in [-0.25, -0.2) is 9.78 Å². The number of hydrogen-bond donors (Lipinski definition) is 3. The number of aromatic amines is 1. The van der Waals surface area contributed by atoms with Gasteiger partial charge in [0.2, 0.25) is 11.7 Å². The third-order valence-electron chi connectivity index (χ3n) is 5.48. The highest BCUT2D eigenvalue weighted by molar-refractivity contribution is 5.80.